The lowest BCUT2D eigenvalue weighted by molar-refractivity contribution is 0.0690. The molecule has 2 aromatic rings. The summed E-state index contributed by atoms with van der Waals surface area (Å²) in [4.78, 5) is 14.8. The number of sulfone groups is 1. The fourth-order valence-corrected chi connectivity index (χ4v) is 2.30. The third kappa shape index (κ3) is 2.97. The van der Waals surface area contributed by atoms with Gasteiger partial charge in [-0.25, -0.2) is 18.2 Å². The quantitative estimate of drug-likeness (QED) is 0.925. The summed E-state index contributed by atoms with van der Waals surface area (Å²) in [5.74, 6) is -1.12. The summed E-state index contributed by atoms with van der Waals surface area (Å²) in [6.45, 7) is 0. The number of aromatic nitrogens is 1. The molecule has 0 bridgehead atoms. The average Bonchev–Trinajstić information content (AvgIpc) is 2.38. The van der Waals surface area contributed by atoms with Crippen molar-refractivity contribution in [2.24, 2.45) is 0 Å². The van der Waals surface area contributed by atoms with Crippen molar-refractivity contribution in [1.82, 2.24) is 4.98 Å². The molecule has 1 heterocycles. The van der Waals surface area contributed by atoms with E-state index in [9.17, 15) is 13.2 Å². The minimum atomic E-state index is -3.29. The van der Waals surface area contributed by atoms with Crippen molar-refractivity contribution in [2.45, 2.75) is 4.90 Å². The second-order valence-corrected chi connectivity index (χ2v) is 6.05. The van der Waals surface area contributed by atoms with E-state index < -0.39 is 15.8 Å². The molecule has 0 aliphatic rings. The van der Waals surface area contributed by atoms with E-state index in [1.807, 2.05) is 0 Å². The first-order chi connectivity index (χ1) is 8.88. The molecule has 0 fully saturated rings. The van der Waals surface area contributed by atoms with Crippen LogP contribution in [0.1, 0.15) is 10.5 Å². The van der Waals surface area contributed by atoms with Crippen LogP contribution in [0.5, 0.6) is 0 Å². The maximum Gasteiger partial charge on any atom is 0.354 e. The van der Waals surface area contributed by atoms with E-state index >= 15 is 0 Å². The van der Waals surface area contributed by atoms with E-state index in [0.29, 0.717) is 11.1 Å². The highest BCUT2D eigenvalue weighted by Gasteiger charge is 2.10. The molecular weight excluding hydrogens is 266 g/mol. The van der Waals surface area contributed by atoms with Gasteiger partial charge in [-0.2, -0.15) is 0 Å². The molecule has 0 amide bonds. The molecule has 0 atom stereocenters. The standard InChI is InChI=1S/C13H11NO4S/c1-19(17,18)11-4-2-3-9(7-11)10-5-6-14-12(8-10)13(15)16/h2-8H,1H3,(H,15,16). The SMILES string of the molecule is CS(=O)(=O)c1cccc(-c2ccnc(C(=O)O)c2)c1. The first-order valence-corrected chi connectivity index (χ1v) is 7.27. The van der Waals surface area contributed by atoms with E-state index in [1.165, 1.54) is 24.4 Å². The number of aromatic carboxylic acids is 1. The summed E-state index contributed by atoms with van der Waals surface area (Å²) in [5.41, 5.74) is 1.16. The Labute approximate surface area is 110 Å². The Morgan fingerprint density at radius 2 is 1.84 bits per heavy atom. The lowest BCUT2D eigenvalue weighted by atomic mass is 10.1. The zero-order chi connectivity index (χ0) is 14.0. The summed E-state index contributed by atoms with van der Waals surface area (Å²) in [5, 5.41) is 8.88. The third-order valence-electron chi connectivity index (χ3n) is 2.57. The van der Waals surface area contributed by atoms with E-state index in [2.05, 4.69) is 4.98 Å². The minimum Gasteiger partial charge on any atom is -0.477 e. The average molecular weight is 277 g/mol. The molecule has 0 unspecified atom stereocenters. The number of hydrogen-bond donors (Lipinski definition) is 1. The van der Waals surface area contributed by atoms with Gasteiger partial charge in [-0.3, -0.25) is 0 Å². The van der Waals surface area contributed by atoms with Crippen molar-refractivity contribution in [3.8, 4) is 11.1 Å². The van der Waals surface area contributed by atoms with Gasteiger partial charge < -0.3 is 5.11 Å². The lowest BCUT2D eigenvalue weighted by Crippen LogP contribution is -2.00. The highest BCUT2D eigenvalue weighted by Crippen LogP contribution is 2.22. The van der Waals surface area contributed by atoms with E-state index in [-0.39, 0.29) is 10.6 Å². The van der Waals surface area contributed by atoms with Crippen molar-refractivity contribution in [2.75, 3.05) is 6.26 Å². The van der Waals surface area contributed by atoms with Gasteiger partial charge in [0.25, 0.3) is 0 Å². The molecule has 0 aliphatic carbocycles. The molecule has 0 saturated carbocycles. The van der Waals surface area contributed by atoms with Crippen molar-refractivity contribution in [3.05, 3.63) is 48.3 Å². The van der Waals surface area contributed by atoms with Crippen LogP contribution in [0.15, 0.2) is 47.5 Å². The molecule has 5 nitrogen and oxygen atoms in total. The number of hydrogen-bond acceptors (Lipinski definition) is 4. The normalized spacial score (nSPS) is 11.2. The highest BCUT2D eigenvalue weighted by atomic mass is 32.2. The minimum absolute atomic E-state index is 0.0812. The Balaban J connectivity index is 2.54. The van der Waals surface area contributed by atoms with E-state index in [1.54, 1.807) is 18.2 Å². The second-order valence-electron chi connectivity index (χ2n) is 4.03. The van der Waals surface area contributed by atoms with Gasteiger partial charge in [0.05, 0.1) is 4.90 Å². The largest absolute Gasteiger partial charge is 0.477 e. The number of carboxylic acids is 1. The smallest absolute Gasteiger partial charge is 0.354 e. The fraction of sp³-hybridized carbons (Fsp3) is 0.0769. The zero-order valence-electron chi connectivity index (χ0n) is 10.1. The van der Waals surface area contributed by atoms with Crippen molar-refractivity contribution in [1.29, 1.82) is 0 Å². The zero-order valence-corrected chi connectivity index (χ0v) is 10.9. The van der Waals surface area contributed by atoms with Gasteiger partial charge in [-0.15, -0.1) is 0 Å². The Hall–Kier alpha value is -2.21. The van der Waals surface area contributed by atoms with Crippen LogP contribution < -0.4 is 0 Å². The van der Waals surface area contributed by atoms with Gasteiger partial charge in [-0.1, -0.05) is 12.1 Å². The molecule has 0 aliphatic heterocycles. The Morgan fingerprint density at radius 3 is 2.47 bits per heavy atom. The maximum atomic E-state index is 11.5. The predicted molar refractivity (Wildman–Crippen MR) is 69.7 cm³/mol. The molecule has 0 saturated heterocycles. The van der Waals surface area contributed by atoms with Gasteiger partial charge in [0, 0.05) is 12.5 Å². The summed E-state index contributed by atoms with van der Waals surface area (Å²) in [6.07, 6.45) is 2.51. The number of carbonyl (C=O) groups is 1. The Morgan fingerprint density at radius 1 is 1.16 bits per heavy atom. The van der Waals surface area contributed by atoms with Gasteiger partial charge in [0.2, 0.25) is 0 Å². The molecule has 1 N–H and O–H groups in total. The first kappa shape index (κ1) is 13.2. The van der Waals surface area contributed by atoms with Crippen LogP contribution >= 0.6 is 0 Å². The summed E-state index contributed by atoms with van der Waals surface area (Å²) < 4.78 is 23.0. The van der Waals surface area contributed by atoms with Gasteiger partial charge in [0.1, 0.15) is 5.69 Å². The maximum absolute atomic E-state index is 11.5. The lowest BCUT2D eigenvalue weighted by Gasteiger charge is -2.05. The summed E-state index contributed by atoms with van der Waals surface area (Å²) in [7, 11) is -3.29. The van der Waals surface area contributed by atoms with Crippen LogP contribution in [0.25, 0.3) is 11.1 Å². The van der Waals surface area contributed by atoms with Crippen LogP contribution in [-0.4, -0.2) is 30.7 Å². The van der Waals surface area contributed by atoms with Gasteiger partial charge >= 0.3 is 5.97 Å². The van der Waals surface area contributed by atoms with Crippen LogP contribution in [-0.2, 0) is 9.84 Å². The second kappa shape index (κ2) is 4.81. The molecule has 19 heavy (non-hydrogen) atoms. The third-order valence-corrected chi connectivity index (χ3v) is 3.68. The predicted octanol–water partition coefficient (Wildman–Crippen LogP) is 1.85. The molecule has 98 valence electrons. The monoisotopic (exact) mass is 277 g/mol. The van der Waals surface area contributed by atoms with Crippen molar-refractivity contribution in [3.63, 3.8) is 0 Å². The van der Waals surface area contributed by atoms with Crippen LogP contribution in [0, 0.1) is 0 Å². The van der Waals surface area contributed by atoms with Crippen LogP contribution in [0.4, 0.5) is 0 Å². The van der Waals surface area contributed by atoms with Crippen molar-refractivity contribution < 1.29 is 18.3 Å². The van der Waals surface area contributed by atoms with E-state index in [4.69, 9.17) is 5.11 Å². The fourth-order valence-electron chi connectivity index (χ4n) is 1.63. The molecule has 0 radical (unpaired) electrons. The molecule has 1 aromatic carbocycles. The van der Waals surface area contributed by atoms with Crippen LogP contribution in [0.3, 0.4) is 0 Å². The molecule has 1 aromatic heterocycles. The first-order valence-electron chi connectivity index (χ1n) is 5.38. The molecule has 6 heteroatoms. The highest BCUT2D eigenvalue weighted by molar-refractivity contribution is 7.90. The van der Waals surface area contributed by atoms with Crippen LogP contribution in [0.2, 0.25) is 0 Å². The number of rotatable bonds is 3. The summed E-state index contributed by atoms with van der Waals surface area (Å²) >= 11 is 0. The number of carboxylic acid groups (broad SMARTS) is 1. The molecule has 0 spiro atoms. The van der Waals surface area contributed by atoms with E-state index in [0.717, 1.165) is 6.26 Å². The Bertz CT molecular complexity index is 738. The number of nitrogens with zero attached hydrogens (tertiary/aromatic N) is 1. The van der Waals surface area contributed by atoms with Gasteiger partial charge in [-0.05, 0) is 35.4 Å². The topological polar surface area (TPSA) is 84.3 Å². The summed E-state index contributed by atoms with van der Waals surface area (Å²) in [6, 6.07) is 9.38. The molecule has 2 rings (SSSR count). The number of pyridine rings is 1. The molecular formula is C13H11NO4S. The van der Waals surface area contributed by atoms with Gasteiger partial charge in [0.15, 0.2) is 9.84 Å². The Kier molecular flexibility index (Phi) is 3.35. The number of benzene rings is 1. The van der Waals surface area contributed by atoms with Crippen molar-refractivity contribution >= 4 is 15.8 Å².